The summed E-state index contributed by atoms with van der Waals surface area (Å²) in [4.78, 5) is 29.7. The summed E-state index contributed by atoms with van der Waals surface area (Å²) in [7, 11) is 0. The van der Waals surface area contributed by atoms with Gasteiger partial charge in [-0.3, -0.25) is 4.79 Å². The first-order valence-electron chi connectivity index (χ1n) is 10.6. The van der Waals surface area contributed by atoms with Crippen LogP contribution in [0.5, 0.6) is 0 Å². The van der Waals surface area contributed by atoms with Crippen LogP contribution < -0.4 is 11.0 Å². The minimum Gasteiger partial charge on any atom is -0.352 e. The minimum atomic E-state index is -0.368. The molecule has 4 aromatic rings. The fraction of sp³-hybridized carbons (Fsp3) is 0.250. The summed E-state index contributed by atoms with van der Waals surface area (Å²) in [5, 5.41) is 8.65. The molecule has 0 bridgehead atoms. The Bertz CT molecular complexity index is 1290. The van der Waals surface area contributed by atoms with Crippen LogP contribution in [-0.4, -0.2) is 31.1 Å². The standard InChI is InChI=1S/C24H24ClN5O2S/c1-17(7-8-18-5-3-2-4-6-18)27-21(31)15-30-24(32)29-14-13-26-23(22(29)28-30)33-16-19-9-11-20(25)12-10-19/h2-6,9-14,17H,7-8,15-16H2,1H3,(H,27,31)/t17-/m0/s1. The quantitative estimate of drug-likeness (QED) is 0.366. The lowest BCUT2D eigenvalue weighted by atomic mass is 10.1. The molecule has 2 aromatic carbocycles. The Hall–Kier alpha value is -3.10. The van der Waals surface area contributed by atoms with E-state index in [0.29, 0.717) is 21.4 Å². The lowest BCUT2D eigenvalue weighted by Crippen LogP contribution is -2.37. The summed E-state index contributed by atoms with van der Waals surface area (Å²) in [5.41, 5.74) is 2.38. The Kier molecular flexibility index (Phi) is 7.47. The third-order valence-electron chi connectivity index (χ3n) is 5.17. The van der Waals surface area contributed by atoms with Crippen LogP contribution in [-0.2, 0) is 23.5 Å². The normalized spacial score (nSPS) is 12.1. The van der Waals surface area contributed by atoms with Crippen molar-refractivity contribution in [1.82, 2.24) is 24.5 Å². The van der Waals surface area contributed by atoms with Gasteiger partial charge in [0.25, 0.3) is 0 Å². The second-order valence-electron chi connectivity index (χ2n) is 7.77. The summed E-state index contributed by atoms with van der Waals surface area (Å²) in [6.07, 6.45) is 4.81. The van der Waals surface area contributed by atoms with Crippen LogP contribution in [0.15, 0.2) is 76.8 Å². The Morgan fingerprint density at radius 3 is 2.64 bits per heavy atom. The second-order valence-corrected chi connectivity index (χ2v) is 9.17. The van der Waals surface area contributed by atoms with E-state index in [1.807, 2.05) is 49.4 Å². The van der Waals surface area contributed by atoms with Gasteiger partial charge in [-0.2, -0.15) is 0 Å². The van der Waals surface area contributed by atoms with Crippen molar-refractivity contribution in [1.29, 1.82) is 0 Å². The highest BCUT2D eigenvalue weighted by Crippen LogP contribution is 2.24. The molecule has 0 radical (unpaired) electrons. The predicted octanol–water partition coefficient (Wildman–Crippen LogP) is 3.97. The smallest absolute Gasteiger partial charge is 0.350 e. The van der Waals surface area contributed by atoms with Crippen molar-refractivity contribution in [2.24, 2.45) is 0 Å². The number of thioether (sulfide) groups is 1. The highest BCUT2D eigenvalue weighted by Gasteiger charge is 2.16. The highest BCUT2D eigenvalue weighted by atomic mass is 35.5. The van der Waals surface area contributed by atoms with E-state index >= 15 is 0 Å². The van der Waals surface area contributed by atoms with Crippen molar-refractivity contribution >= 4 is 34.9 Å². The average Bonchev–Trinajstić information content (AvgIpc) is 3.13. The molecule has 1 amide bonds. The SMILES string of the molecule is C[C@@H](CCc1ccccc1)NC(=O)Cn1nc2c(SCc3ccc(Cl)cc3)nccn2c1=O. The van der Waals surface area contributed by atoms with Crippen molar-refractivity contribution in [2.45, 2.75) is 43.1 Å². The fourth-order valence-corrected chi connectivity index (χ4v) is 4.44. The molecule has 0 saturated heterocycles. The molecule has 0 saturated carbocycles. The van der Waals surface area contributed by atoms with E-state index < -0.39 is 0 Å². The lowest BCUT2D eigenvalue weighted by Gasteiger charge is -2.13. The molecule has 0 fully saturated rings. The van der Waals surface area contributed by atoms with Crippen molar-refractivity contribution in [3.05, 3.63) is 93.6 Å². The van der Waals surface area contributed by atoms with Crippen LogP contribution in [0.4, 0.5) is 0 Å². The van der Waals surface area contributed by atoms with Crippen LogP contribution in [0.2, 0.25) is 5.02 Å². The van der Waals surface area contributed by atoms with Gasteiger partial charge in [0, 0.05) is 29.2 Å². The summed E-state index contributed by atoms with van der Waals surface area (Å²) >= 11 is 7.42. The number of hydrogen-bond acceptors (Lipinski definition) is 5. The molecule has 0 aliphatic rings. The van der Waals surface area contributed by atoms with Crippen LogP contribution in [0, 0.1) is 0 Å². The zero-order valence-corrected chi connectivity index (χ0v) is 19.7. The number of amides is 1. The van der Waals surface area contributed by atoms with Crippen LogP contribution in [0.1, 0.15) is 24.5 Å². The van der Waals surface area contributed by atoms with E-state index in [0.717, 1.165) is 18.4 Å². The summed E-state index contributed by atoms with van der Waals surface area (Å²) < 4.78 is 2.60. The van der Waals surface area contributed by atoms with Crippen molar-refractivity contribution in [3.63, 3.8) is 0 Å². The van der Waals surface area contributed by atoms with E-state index in [1.54, 1.807) is 12.4 Å². The maximum Gasteiger partial charge on any atom is 0.350 e. The zero-order valence-electron chi connectivity index (χ0n) is 18.1. The first kappa shape index (κ1) is 23.1. The van der Waals surface area contributed by atoms with E-state index in [1.165, 1.54) is 26.4 Å². The molecule has 0 aliphatic carbocycles. The monoisotopic (exact) mass is 481 g/mol. The number of halogens is 1. The van der Waals surface area contributed by atoms with Gasteiger partial charge in [0.05, 0.1) is 0 Å². The van der Waals surface area contributed by atoms with Gasteiger partial charge < -0.3 is 5.32 Å². The third kappa shape index (κ3) is 6.03. The van der Waals surface area contributed by atoms with Crippen molar-refractivity contribution < 1.29 is 4.79 Å². The Labute approximate surface area is 200 Å². The lowest BCUT2D eigenvalue weighted by molar-refractivity contribution is -0.122. The molecule has 33 heavy (non-hydrogen) atoms. The number of aryl methyl sites for hydroxylation is 1. The highest BCUT2D eigenvalue weighted by molar-refractivity contribution is 7.98. The number of nitrogens with zero attached hydrogens (tertiary/aromatic N) is 4. The topological polar surface area (TPSA) is 81.3 Å². The zero-order chi connectivity index (χ0) is 23.2. The van der Waals surface area contributed by atoms with Crippen LogP contribution >= 0.6 is 23.4 Å². The van der Waals surface area contributed by atoms with Gasteiger partial charge in [-0.05, 0) is 43.0 Å². The number of rotatable bonds is 9. The van der Waals surface area contributed by atoms with Crippen LogP contribution in [0.25, 0.3) is 5.65 Å². The number of fused-ring (bicyclic) bond motifs is 1. The molecule has 0 unspecified atom stereocenters. The van der Waals surface area contributed by atoms with Crippen molar-refractivity contribution in [3.8, 4) is 0 Å². The number of aromatic nitrogens is 4. The number of carbonyl (C=O) groups excluding carboxylic acids is 1. The van der Waals surface area contributed by atoms with Gasteiger partial charge in [0.15, 0.2) is 5.65 Å². The first-order chi connectivity index (χ1) is 16.0. The fourth-order valence-electron chi connectivity index (χ4n) is 3.42. The molecular formula is C24H24ClN5O2S. The summed E-state index contributed by atoms with van der Waals surface area (Å²) in [6.45, 7) is 1.82. The van der Waals surface area contributed by atoms with Gasteiger partial charge >= 0.3 is 5.69 Å². The number of nitrogens with one attached hydrogen (secondary N) is 1. The van der Waals surface area contributed by atoms with Gasteiger partial charge in [-0.1, -0.05) is 65.8 Å². The van der Waals surface area contributed by atoms with Gasteiger partial charge in [-0.25, -0.2) is 18.9 Å². The minimum absolute atomic E-state index is 0.0161. The molecule has 170 valence electrons. The maximum absolute atomic E-state index is 12.8. The molecule has 7 nitrogen and oxygen atoms in total. The second kappa shape index (κ2) is 10.7. The number of benzene rings is 2. The van der Waals surface area contributed by atoms with Gasteiger partial charge in [-0.15, -0.1) is 5.10 Å². The molecule has 0 spiro atoms. The molecule has 2 aromatic heterocycles. The largest absolute Gasteiger partial charge is 0.352 e. The van der Waals surface area contributed by atoms with E-state index in [9.17, 15) is 9.59 Å². The van der Waals surface area contributed by atoms with E-state index in [4.69, 9.17) is 11.6 Å². The van der Waals surface area contributed by atoms with E-state index in [2.05, 4.69) is 27.5 Å². The molecule has 2 heterocycles. The first-order valence-corrected chi connectivity index (χ1v) is 12.0. The predicted molar refractivity (Wildman–Crippen MR) is 131 cm³/mol. The Morgan fingerprint density at radius 2 is 1.88 bits per heavy atom. The number of carbonyl (C=O) groups is 1. The Balaban J connectivity index is 1.39. The number of hydrogen-bond donors (Lipinski definition) is 1. The average molecular weight is 482 g/mol. The molecular weight excluding hydrogens is 458 g/mol. The van der Waals surface area contributed by atoms with Crippen LogP contribution in [0.3, 0.4) is 0 Å². The molecule has 1 atom stereocenters. The Morgan fingerprint density at radius 1 is 1.12 bits per heavy atom. The third-order valence-corrected chi connectivity index (χ3v) is 6.46. The summed E-state index contributed by atoms with van der Waals surface area (Å²) in [5.74, 6) is 0.411. The summed E-state index contributed by atoms with van der Waals surface area (Å²) in [6, 6.07) is 17.7. The molecule has 4 rings (SSSR count). The molecule has 9 heteroatoms. The van der Waals surface area contributed by atoms with Crippen molar-refractivity contribution in [2.75, 3.05) is 0 Å². The molecule has 1 N–H and O–H groups in total. The molecule has 0 aliphatic heterocycles. The van der Waals surface area contributed by atoms with Gasteiger partial charge in [0.2, 0.25) is 5.91 Å². The van der Waals surface area contributed by atoms with E-state index in [-0.39, 0.29) is 24.2 Å². The van der Waals surface area contributed by atoms with Gasteiger partial charge in [0.1, 0.15) is 11.6 Å². The maximum atomic E-state index is 12.8.